The summed E-state index contributed by atoms with van der Waals surface area (Å²) in [5, 5.41) is -0.106. The molecule has 0 aromatic heterocycles. The molecule has 1 heterocycles. The van der Waals surface area contributed by atoms with E-state index in [4.69, 9.17) is 0 Å². The highest BCUT2D eigenvalue weighted by Crippen LogP contribution is 2.13. The monoisotopic (exact) mass is 115 g/mol. The van der Waals surface area contributed by atoms with E-state index in [1.54, 1.807) is 0 Å². The Morgan fingerprint density at radius 1 is 1.57 bits per heavy atom. The first kappa shape index (κ1) is 4.84. The molecule has 37 valence electrons. The predicted octanol–water partition coefficient (Wildman–Crippen LogP) is 0.0332. The summed E-state index contributed by atoms with van der Waals surface area (Å²) in [5.41, 5.74) is 0. The molecule has 0 amide bonds. The van der Waals surface area contributed by atoms with Gasteiger partial charge in [0, 0.05) is 0 Å². The average molecular weight is 115 g/mol. The molecule has 0 spiro atoms. The summed E-state index contributed by atoms with van der Waals surface area (Å²) in [5.74, 6) is 0.286. The molecule has 1 saturated heterocycles. The Hall–Kier alpha value is -0.310. The number of carbonyl (C=O) groups is 2. The summed E-state index contributed by atoms with van der Waals surface area (Å²) >= 11 is 1.06. The van der Waals surface area contributed by atoms with Gasteiger partial charge in [-0.3, -0.25) is 9.59 Å². The maximum absolute atomic E-state index is 10.2. The number of thioether (sulfide) groups is 1. The molecule has 0 atom stereocenters. The highest BCUT2D eigenvalue weighted by molar-refractivity contribution is 8.15. The molecular weight excluding hydrogens is 112 g/mol. The summed E-state index contributed by atoms with van der Waals surface area (Å²) < 4.78 is 0. The van der Waals surface area contributed by atoms with E-state index >= 15 is 0 Å². The third-order valence-electron chi connectivity index (χ3n) is 0.636. The number of carbonyl (C=O) groups excluding carboxylic acids is 2. The van der Waals surface area contributed by atoms with Gasteiger partial charge in [-0.2, -0.15) is 0 Å². The average Bonchev–Trinajstić information content (AvgIpc) is 1.87. The van der Waals surface area contributed by atoms with Gasteiger partial charge >= 0.3 is 0 Å². The van der Waals surface area contributed by atoms with Crippen molar-refractivity contribution in [3.8, 4) is 0 Å². The molecule has 1 radical (unpaired) electrons. The lowest BCUT2D eigenvalue weighted by molar-refractivity contribution is -0.115. The molecule has 2 nitrogen and oxygen atoms in total. The fraction of sp³-hybridized carbons (Fsp3) is 0.250. The van der Waals surface area contributed by atoms with Gasteiger partial charge in [0.15, 0.2) is 5.78 Å². The number of ketones is 1. The number of hydrogen-bond acceptors (Lipinski definition) is 3. The summed E-state index contributed by atoms with van der Waals surface area (Å²) in [6, 6.07) is 0. The van der Waals surface area contributed by atoms with Crippen molar-refractivity contribution in [2.45, 2.75) is 0 Å². The summed E-state index contributed by atoms with van der Waals surface area (Å²) in [4.78, 5) is 20.3. The van der Waals surface area contributed by atoms with E-state index in [1.165, 1.54) is 0 Å². The number of rotatable bonds is 0. The zero-order valence-corrected chi connectivity index (χ0v) is 4.33. The van der Waals surface area contributed by atoms with Crippen LogP contribution in [0.4, 0.5) is 0 Å². The van der Waals surface area contributed by atoms with Gasteiger partial charge in [0.05, 0.1) is 5.75 Å². The first-order chi connectivity index (χ1) is 3.29. The van der Waals surface area contributed by atoms with Crippen LogP contribution in [0.15, 0.2) is 0 Å². The standard InChI is InChI=1S/C4H3O2S/c5-3-1-4(6)7-2-3/h1H,2H2. The lowest BCUT2D eigenvalue weighted by atomic mass is 10.3. The summed E-state index contributed by atoms with van der Waals surface area (Å²) in [6.45, 7) is 0. The highest BCUT2D eigenvalue weighted by Gasteiger charge is 2.19. The van der Waals surface area contributed by atoms with Gasteiger partial charge in [-0.25, -0.2) is 0 Å². The predicted molar refractivity (Wildman–Crippen MR) is 26.8 cm³/mol. The van der Waals surface area contributed by atoms with Crippen LogP contribution >= 0.6 is 11.8 Å². The summed E-state index contributed by atoms with van der Waals surface area (Å²) in [6.07, 6.45) is 1.13. The minimum Gasteiger partial charge on any atom is -0.298 e. The largest absolute Gasteiger partial charge is 0.298 e. The van der Waals surface area contributed by atoms with Crippen molar-refractivity contribution in [2.75, 3.05) is 5.75 Å². The van der Waals surface area contributed by atoms with Crippen LogP contribution in [-0.4, -0.2) is 16.7 Å². The quantitative estimate of drug-likeness (QED) is 0.446. The van der Waals surface area contributed by atoms with Crippen LogP contribution in [0.3, 0.4) is 0 Å². The fourth-order valence-corrected chi connectivity index (χ4v) is 0.940. The van der Waals surface area contributed by atoms with E-state index in [0.717, 1.165) is 18.2 Å². The molecule has 0 saturated carbocycles. The molecular formula is C4H3O2S. The maximum Gasteiger partial charge on any atom is 0.201 e. The van der Waals surface area contributed by atoms with Crippen LogP contribution in [0.5, 0.6) is 0 Å². The van der Waals surface area contributed by atoms with Gasteiger partial charge in [-0.1, -0.05) is 11.8 Å². The van der Waals surface area contributed by atoms with Gasteiger partial charge in [0.2, 0.25) is 5.12 Å². The molecule has 0 aromatic rings. The Balaban J connectivity index is 2.55. The van der Waals surface area contributed by atoms with Crippen LogP contribution in [0, 0.1) is 6.42 Å². The molecule has 0 unspecified atom stereocenters. The van der Waals surface area contributed by atoms with Crippen LogP contribution in [0.25, 0.3) is 0 Å². The van der Waals surface area contributed by atoms with Crippen molar-refractivity contribution >= 4 is 22.7 Å². The molecule has 1 fully saturated rings. The molecule has 1 aliphatic heterocycles. The molecule has 1 rings (SSSR count). The molecule has 0 aliphatic carbocycles. The van der Waals surface area contributed by atoms with E-state index in [0.29, 0.717) is 5.75 Å². The van der Waals surface area contributed by atoms with Crippen LogP contribution in [-0.2, 0) is 9.59 Å². The Labute approximate surface area is 45.3 Å². The van der Waals surface area contributed by atoms with Gasteiger partial charge < -0.3 is 0 Å². The minimum atomic E-state index is -0.106. The van der Waals surface area contributed by atoms with Crippen molar-refractivity contribution in [2.24, 2.45) is 0 Å². The third-order valence-corrected chi connectivity index (χ3v) is 1.47. The van der Waals surface area contributed by atoms with E-state index in [1.807, 2.05) is 0 Å². The summed E-state index contributed by atoms with van der Waals surface area (Å²) in [7, 11) is 0. The maximum atomic E-state index is 10.2. The molecule has 3 heteroatoms. The van der Waals surface area contributed by atoms with E-state index < -0.39 is 0 Å². The second kappa shape index (κ2) is 1.66. The molecule has 1 aliphatic rings. The SMILES string of the molecule is O=C1[CH]C(=O)SC1. The fourth-order valence-electron chi connectivity index (χ4n) is 0.357. The molecule has 0 N–H and O–H groups in total. The normalized spacial score (nSPS) is 21.1. The molecule has 0 aromatic carbocycles. The lowest BCUT2D eigenvalue weighted by Crippen LogP contribution is -1.92. The Morgan fingerprint density at radius 3 is 2.43 bits per heavy atom. The van der Waals surface area contributed by atoms with E-state index in [2.05, 4.69) is 0 Å². The van der Waals surface area contributed by atoms with Crippen LogP contribution < -0.4 is 0 Å². The lowest BCUT2D eigenvalue weighted by Gasteiger charge is -1.68. The topological polar surface area (TPSA) is 34.1 Å². The molecule has 7 heavy (non-hydrogen) atoms. The van der Waals surface area contributed by atoms with E-state index in [-0.39, 0.29) is 10.9 Å². The van der Waals surface area contributed by atoms with Crippen molar-refractivity contribution in [1.82, 2.24) is 0 Å². The van der Waals surface area contributed by atoms with Crippen LogP contribution in [0.2, 0.25) is 0 Å². The van der Waals surface area contributed by atoms with Gasteiger partial charge in [-0.15, -0.1) is 0 Å². The number of hydrogen-bond donors (Lipinski definition) is 0. The van der Waals surface area contributed by atoms with Gasteiger partial charge in [0.25, 0.3) is 0 Å². The van der Waals surface area contributed by atoms with Crippen molar-refractivity contribution < 1.29 is 9.59 Å². The first-order valence-electron chi connectivity index (χ1n) is 1.83. The van der Waals surface area contributed by atoms with Crippen molar-refractivity contribution in [3.63, 3.8) is 0 Å². The van der Waals surface area contributed by atoms with Crippen molar-refractivity contribution in [1.29, 1.82) is 0 Å². The van der Waals surface area contributed by atoms with Gasteiger partial charge in [0.1, 0.15) is 6.42 Å². The number of Topliss-reactive ketones (excluding diaryl/α,β-unsaturated/α-hetero) is 1. The van der Waals surface area contributed by atoms with Crippen molar-refractivity contribution in [3.05, 3.63) is 6.42 Å². The van der Waals surface area contributed by atoms with E-state index in [9.17, 15) is 9.59 Å². The third kappa shape index (κ3) is 1.03. The Morgan fingerprint density at radius 2 is 2.29 bits per heavy atom. The first-order valence-corrected chi connectivity index (χ1v) is 2.82. The second-order valence-electron chi connectivity index (χ2n) is 1.22. The highest BCUT2D eigenvalue weighted by atomic mass is 32.2. The zero-order valence-electron chi connectivity index (χ0n) is 3.51. The Kier molecular flexibility index (Phi) is 1.15. The smallest absolute Gasteiger partial charge is 0.201 e. The zero-order chi connectivity index (χ0) is 5.28. The van der Waals surface area contributed by atoms with Gasteiger partial charge in [-0.05, 0) is 0 Å². The molecule has 0 bridgehead atoms. The minimum absolute atomic E-state index is 0.0602. The van der Waals surface area contributed by atoms with Crippen LogP contribution in [0.1, 0.15) is 0 Å². The second-order valence-corrected chi connectivity index (χ2v) is 2.20. The Bertz CT molecular complexity index is 105.